The van der Waals surface area contributed by atoms with Crippen molar-refractivity contribution in [3.05, 3.63) is 24.3 Å². The summed E-state index contributed by atoms with van der Waals surface area (Å²) in [5.74, 6) is 1.56. The van der Waals surface area contributed by atoms with Crippen LogP contribution in [0.2, 0.25) is 0 Å². The molecule has 0 spiro atoms. The van der Waals surface area contributed by atoms with Crippen molar-refractivity contribution in [2.24, 2.45) is 17.6 Å². The van der Waals surface area contributed by atoms with Gasteiger partial charge in [-0.1, -0.05) is 26.0 Å². The molecule has 0 saturated carbocycles. The molecule has 4 nitrogen and oxygen atoms in total. The number of carbonyl (C=O) groups excluding carboxylic acids is 1. The van der Waals surface area contributed by atoms with E-state index in [9.17, 15) is 4.79 Å². The van der Waals surface area contributed by atoms with E-state index < -0.39 is 0 Å². The second-order valence-corrected chi connectivity index (χ2v) is 5.56. The highest BCUT2D eigenvalue weighted by atomic mass is 16.5. The van der Waals surface area contributed by atoms with Crippen LogP contribution in [0, 0.1) is 11.8 Å². The minimum atomic E-state index is 0.0746. The molecule has 0 radical (unpaired) electrons. The van der Waals surface area contributed by atoms with Gasteiger partial charge in [-0.05, 0) is 36.9 Å². The summed E-state index contributed by atoms with van der Waals surface area (Å²) in [4.78, 5) is 14.0. The SMILES string of the molecule is COc1ccccc1N(C)C(=O)C[C@@H](CN)CC(C)C. The summed E-state index contributed by atoms with van der Waals surface area (Å²) in [6, 6.07) is 7.53. The van der Waals surface area contributed by atoms with E-state index in [0.29, 0.717) is 24.6 Å². The Labute approximate surface area is 121 Å². The Bertz CT molecular complexity index is 432. The fraction of sp³-hybridized carbons (Fsp3) is 0.562. The molecule has 20 heavy (non-hydrogen) atoms. The Morgan fingerprint density at radius 3 is 2.55 bits per heavy atom. The molecule has 1 aromatic carbocycles. The largest absolute Gasteiger partial charge is 0.495 e. The van der Waals surface area contributed by atoms with Crippen LogP contribution in [0.15, 0.2) is 24.3 Å². The van der Waals surface area contributed by atoms with Crippen LogP contribution in [-0.2, 0) is 4.79 Å². The number of ether oxygens (including phenoxy) is 1. The average molecular weight is 278 g/mol. The van der Waals surface area contributed by atoms with E-state index in [2.05, 4.69) is 13.8 Å². The maximum Gasteiger partial charge on any atom is 0.227 e. The third-order valence-corrected chi connectivity index (χ3v) is 3.42. The van der Waals surface area contributed by atoms with Gasteiger partial charge in [0.15, 0.2) is 0 Å². The highest BCUT2D eigenvalue weighted by Gasteiger charge is 2.19. The molecule has 0 aliphatic heterocycles. The lowest BCUT2D eigenvalue weighted by atomic mass is 9.94. The Kier molecular flexibility index (Phi) is 6.52. The van der Waals surface area contributed by atoms with Gasteiger partial charge in [-0.25, -0.2) is 0 Å². The number of nitrogens with zero attached hydrogens (tertiary/aromatic N) is 1. The second-order valence-electron chi connectivity index (χ2n) is 5.56. The minimum absolute atomic E-state index is 0.0746. The van der Waals surface area contributed by atoms with Crippen LogP contribution in [0.25, 0.3) is 0 Å². The van der Waals surface area contributed by atoms with Crippen LogP contribution in [0.1, 0.15) is 26.7 Å². The normalized spacial score (nSPS) is 12.3. The van der Waals surface area contributed by atoms with Gasteiger partial charge in [0.25, 0.3) is 0 Å². The number of rotatable bonds is 7. The lowest BCUT2D eigenvalue weighted by molar-refractivity contribution is -0.119. The van der Waals surface area contributed by atoms with Crippen molar-refractivity contribution in [2.75, 3.05) is 25.6 Å². The van der Waals surface area contributed by atoms with Gasteiger partial charge in [-0.2, -0.15) is 0 Å². The first-order chi connectivity index (χ1) is 9.49. The topological polar surface area (TPSA) is 55.6 Å². The van der Waals surface area contributed by atoms with Crippen molar-refractivity contribution in [1.82, 2.24) is 0 Å². The quantitative estimate of drug-likeness (QED) is 0.834. The monoisotopic (exact) mass is 278 g/mol. The number of amides is 1. The summed E-state index contributed by atoms with van der Waals surface area (Å²) < 4.78 is 5.29. The zero-order chi connectivity index (χ0) is 15.1. The molecular formula is C16H26N2O2. The van der Waals surface area contributed by atoms with E-state index in [1.165, 1.54) is 0 Å². The Morgan fingerprint density at radius 1 is 1.35 bits per heavy atom. The lowest BCUT2D eigenvalue weighted by Gasteiger charge is -2.23. The van der Waals surface area contributed by atoms with E-state index in [0.717, 1.165) is 12.1 Å². The Morgan fingerprint density at radius 2 is 2.00 bits per heavy atom. The number of anilines is 1. The van der Waals surface area contributed by atoms with Crippen molar-refractivity contribution >= 4 is 11.6 Å². The molecule has 0 bridgehead atoms. The Balaban J connectivity index is 2.75. The number of hydrogen-bond donors (Lipinski definition) is 1. The Hall–Kier alpha value is -1.55. The van der Waals surface area contributed by atoms with Gasteiger partial charge >= 0.3 is 0 Å². The summed E-state index contributed by atoms with van der Waals surface area (Å²) in [6.45, 7) is 4.85. The molecule has 0 aliphatic rings. The molecule has 0 heterocycles. The molecule has 0 unspecified atom stereocenters. The molecule has 0 aromatic heterocycles. The molecule has 112 valence electrons. The number of nitrogens with two attached hydrogens (primary N) is 1. The van der Waals surface area contributed by atoms with E-state index >= 15 is 0 Å². The van der Waals surface area contributed by atoms with E-state index in [4.69, 9.17) is 10.5 Å². The molecule has 0 aliphatic carbocycles. The standard InChI is InChI=1S/C16H26N2O2/c1-12(2)9-13(11-17)10-16(19)18(3)14-7-5-6-8-15(14)20-4/h5-8,12-13H,9-11,17H2,1-4H3/t13-/m0/s1. The van der Waals surface area contributed by atoms with Crippen LogP contribution in [0.5, 0.6) is 5.75 Å². The number of hydrogen-bond acceptors (Lipinski definition) is 3. The van der Waals surface area contributed by atoms with Crippen LogP contribution in [-0.4, -0.2) is 26.6 Å². The lowest BCUT2D eigenvalue weighted by Crippen LogP contribution is -2.31. The summed E-state index contributed by atoms with van der Waals surface area (Å²) in [5, 5.41) is 0. The molecular weight excluding hydrogens is 252 g/mol. The summed E-state index contributed by atoms with van der Waals surface area (Å²) >= 11 is 0. The average Bonchev–Trinajstić information content (AvgIpc) is 2.45. The molecule has 2 N–H and O–H groups in total. The third kappa shape index (κ3) is 4.53. The predicted molar refractivity (Wildman–Crippen MR) is 83.0 cm³/mol. The first-order valence-electron chi connectivity index (χ1n) is 7.09. The van der Waals surface area contributed by atoms with Gasteiger partial charge in [0.2, 0.25) is 5.91 Å². The fourth-order valence-corrected chi connectivity index (χ4v) is 2.35. The third-order valence-electron chi connectivity index (χ3n) is 3.42. The number of carbonyl (C=O) groups is 1. The van der Waals surface area contributed by atoms with E-state index in [-0.39, 0.29) is 11.8 Å². The van der Waals surface area contributed by atoms with Gasteiger partial charge < -0.3 is 15.4 Å². The zero-order valence-electron chi connectivity index (χ0n) is 12.9. The highest BCUT2D eigenvalue weighted by Crippen LogP contribution is 2.27. The van der Waals surface area contributed by atoms with E-state index in [1.54, 1.807) is 19.1 Å². The first-order valence-corrected chi connectivity index (χ1v) is 7.09. The molecule has 0 saturated heterocycles. The molecule has 1 aromatic rings. The fourth-order valence-electron chi connectivity index (χ4n) is 2.35. The van der Waals surface area contributed by atoms with Crippen molar-refractivity contribution < 1.29 is 9.53 Å². The van der Waals surface area contributed by atoms with Gasteiger partial charge in [-0.3, -0.25) is 4.79 Å². The van der Waals surface area contributed by atoms with E-state index in [1.807, 2.05) is 24.3 Å². The van der Waals surface area contributed by atoms with Crippen molar-refractivity contribution in [3.63, 3.8) is 0 Å². The smallest absolute Gasteiger partial charge is 0.227 e. The van der Waals surface area contributed by atoms with Gasteiger partial charge in [0.1, 0.15) is 5.75 Å². The maximum atomic E-state index is 12.4. The summed E-state index contributed by atoms with van der Waals surface area (Å²) in [5.41, 5.74) is 6.56. The maximum absolute atomic E-state index is 12.4. The zero-order valence-corrected chi connectivity index (χ0v) is 12.9. The first kappa shape index (κ1) is 16.5. The van der Waals surface area contributed by atoms with Gasteiger partial charge in [0, 0.05) is 13.5 Å². The number of benzene rings is 1. The molecule has 1 atom stereocenters. The molecule has 1 amide bonds. The molecule has 0 fully saturated rings. The van der Waals surface area contributed by atoms with Crippen molar-refractivity contribution in [2.45, 2.75) is 26.7 Å². The van der Waals surface area contributed by atoms with Crippen LogP contribution in [0.3, 0.4) is 0 Å². The van der Waals surface area contributed by atoms with Gasteiger partial charge in [-0.15, -0.1) is 0 Å². The minimum Gasteiger partial charge on any atom is -0.495 e. The van der Waals surface area contributed by atoms with Crippen molar-refractivity contribution in [3.8, 4) is 5.75 Å². The van der Waals surface area contributed by atoms with Crippen LogP contribution < -0.4 is 15.4 Å². The van der Waals surface area contributed by atoms with Crippen LogP contribution in [0.4, 0.5) is 5.69 Å². The van der Waals surface area contributed by atoms with Gasteiger partial charge in [0.05, 0.1) is 12.8 Å². The van der Waals surface area contributed by atoms with Crippen LogP contribution >= 0.6 is 0 Å². The predicted octanol–water partition coefficient (Wildman–Crippen LogP) is 2.67. The summed E-state index contributed by atoms with van der Waals surface area (Å²) in [6.07, 6.45) is 1.45. The molecule has 4 heteroatoms. The summed E-state index contributed by atoms with van der Waals surface area (Å²) in [7, 11) is 3.39. The molecule has 1 rings (SSSR count). The number of para-hydroxylation sites is 2. The second kappa shape index (κ2) is 7.90. The number of methoxy groups -OCH3 is 1. The van der Waals surface area contributed by atoms with Crippen molar-refractivity contribution in [1.29, 1.82) is 0 Å². The highest BCUT2D eigenvalue weighted by molar-refractivity contribution is 5.94.